The highest BCUT2D eigenvalue weighted by molar-refractivity contribution is 4.63. The molecule has 0 bridgehead atoms. The van der Waals surface area contributed by atoms with Gasteiger partial charge in [0.1, 0.15) is 0 Å². The maximum atomic E-state index is 2.62. The zero-order valence-corrected chi connectivity index (χ0v) is 14.0. The molecule has 0 aliphatic carbocycles. The van der Waals surface area contributed by atoms with Crippen LogP contribution in [0.15, 0.2) is 0 Å². The van der Waals surface area contributed by atoms with Crippen LogP contribution in [-0.4, -0.2) is 24.5 Å². The normalized spacial score (nSPS) is 9.53. The highest BCUT2D eigenvalue weighted by atomic mass is 15.1. The Labute approximate surface area is 112 Å². The third kappa shape index (κ3) is 16.0. The molecule has 1 heteroatoms. The van der Waals surface area contributed by atoms with E-state index in [9.17, 15) is 0 Å². The van der Waals surface area contributed by atoms with Gasteiger partial charge in [0.05, 0.1) is 0 Å². The first kappa shape index (κ1) is 22.2. The van der Waals surface area contributed by atoms with Crippen LogP contribution in [0, 0.1) is 5.92 Å². The molecule has 0 aliphatic heterocycles. The highest BCUT2D eigenvalue weighted by Crippen LogP contribution is 2.10. The van der Waals surface area contributed by atoms with Gasteiger partial charge in [-0.25, -0.2) is 0 Å². The van der Waals surface area contributed by atoms with Crippen molar-refractivity contribution in [1.82, 2.24) is 4.90 Å². The lowest BCUT2D eigenvalue weighted by molar-refractivity contribution is 0.224. The van der Waals surface area contributed by atoms with E-state index < -0.39 is 0 Å². The zero-order chi connectivity index (χ0) is 14.1. The summed E-state index contributed by atoms with van der Waals surface area (Å²) in [6.45, 7) is 21.0. The molecule has 0 aromatic heterocycles. The van der Waals surface area contributed by atoms with Gasteiger partial charge in [-0.15, -0.1) is 0 Å². The van der Waals surface area contributed by atoms with Crippen molar-refractivity contribution in [3.8, 4) is 0 Å². The van der Waals surface area contributed by atoms with Gasteiger partial charge in [-0.05, 0) is 31.8 Å². The molecule has 0 aromatic rings. The van der Waals surface area contributed by atoms with Crippen molar-refractivity contribution >= 4 is 0 Å². The molecule has 0 N–H and O–H groups in total. The van der Waals surface area contributed by atoms with E-state index >= 15 is 0 Å². The van der Waals surface area contributed by atoms with Crippen LogP contribution in [0.4, 0.5) is 0 Å². The Balaban J connectivity index is -0.000000439. The summed E-state index contributed by atoms with van der Waals surface area (Å²) < 4.78 is 0. The predicted octanol–water partition coefficient (Wildman–Crippen LogP) is 5.60. The highest BCUT2D eigenvalue weighted by Gasteiger charge is 2.09. The molecule has 0 spiro atoms. The molecule has 0 atom stereocenters. The molecule has 0 saturated heterocycles. The first-order valence-electron chi connectivity index (χ1n) is 8.00. The fourth-order valence-electron chi connectivity index (χ4n) is 1.84. The monoisotopic (exact) mass is 245 g/mol. The smallest absolute Gasteiger partial charge is 0.000945 e. The van der Waals surface area contributed by atoms with E-state index in [4.69, 9.17) is 0 Å². The SMILES string of the molecule is CC.CC.CCCN(CCC)CC(CC)CC. The Morgan fingerprint density at radius 3 is 1.29 bits per heavy atom. The first-order valence-corrected chi connectivity index (χ1v) is 8.00. The van der Waals surface area contributed by atoms with Crippen LogP contribution < -0.4 is 0 Å². The Bertz CT molecular complexity index is 91.7. The Morgan fingerprint density at radius 2 is 1.06 bits per heavy atom. The van der Waals surface area contributed by atoms with E-state index in [1.165, 1.54) is 45.3 Å². The zero-order valence-electron chi connectivity index (χ0n) is 14.0. The summed E-state index contributed by atoms with van der Waals surface area (Å²) in [6, 6.07) is 0. The summed E-state index contributed by atoms with van der Waals surface area (Å²) in [5.74, 6) is 0.915. The van der Waals surface area contributed by atoms with Gasteiger partial charge in [-0.2, -0.15) is 0 Å². The molecule has 108 valence electrons. The van der Waals surface area contributed by atoms with Gasteiger partial charge in [0, 0.05) is 6.54 Å². The van der Waals surface area contributed by atoms with Gasteiger partial charge in [-0.3, -0.25) is 0 Å². The van der Waals surface area contributed by atoms with Gasteiger partial charge >= 0.3 is 0 Å². The lowest BCUT2D eigenvalue weighted by Gasteiger charge is -2.25. The molecule has 0 unspecified atom stereocenters. The van der Waals surface area contributed by atoms with Crippen molar-refractivity contribution in [2.45, 2.75) is 81.1 Å². The molecular formula is C16H39N. The first-order chi connectivity index (χ1) is 8.28. The second-order valence-corrected chi connectivity index (χ2v) is 3.98. The maximum Gasteiger partial charge on any atom is 0.000945 e. The van der Waals surface area contributed by atoms with Crippen molar-refractivity contribution in [3.63, 3.8) is 0 Å². The standard InChI is InChI=1S/C12H27N.2C2H6/c1-5-9-13(10-6-2)11-12(7-3)8-4;2*1-2/h12H,5-11H2,1-4H3;2*1-2H3. The number of nitrogens with zero attached hydrogens (tertiary/aromatic N) is 1. The third-order valence-corrected chi connectivity index (χ3v) is 2.75. The van der Waals surface area contributed by atoms with Crippen LogP contribution in [-0.2, 0) is 0 Å². The number of hydrogen-bond donors (Lipinski definition) is 0. The Kier molecular flexibility index (Phi) is 27.7. The average molecular weight is 245 g/mol. The maximum absolute atomic E-state index is 2.62. The fraction of sp³-hybridized carbons (Fsp3) is 1.00. The van der Waals surface area contributed by atoms with Gasteiger partial charge in [0.2, 0.25) is 0 Å². The molecule has 0 radical (unpaired) electrons. The second kappa shape index (κ2) is 21.3. The summed E-state index contributed by atoms with van der Waals surface area (Å²) in [4.78, 5) is 2.62. The molecule has 0 heterocycles. The van der Waals surface area contributed by atoms with Crippen molar-refractivity contribution in [1.29, 1.82) is 0 Å². The quantitative estimate of drug-likeness (QED) is 0.538. The van der Waals surface area contributed by atoms with E-state index in [1.807, 2.05) is 27.7 Å². The molecule has 17 heavy (non-hydrogen) atoms. The molecule has 0 fully saturated rings. The van der Waals surface area contributed by atoms with Crippen LogP contribution in [0.5, 0.6) is 0 Å². The van der Waals surface area contributed by atoms with Crippen molar-refractivity contribution in [3.05, 3.63) is 0 Å². The van der Waals surface area contributed by atoms with Crippen molar-refractivity contribution in [2.24, 2.45) is 5.92 Å². The topological polar surface area (TPSA) is 3.24 Å². The van der Waals surface area contributed by atoms with Crippen LogP contribution in [0.1, 0.15) is 81.1 Å². The van der Waals surface area contributed by atoms with Crippen LogP contribution in [0.2, 0.25) is 0 Å². The predicted molar refractivity (Wildman–Crippen MR) is 83.8 cm³/mol. The van der Waals surface area contributed by atoms with Crippen LogP contribution in [0.3, 0.4) is 0 Å². The number of hydrogen-bond acceptors (Lipinski definition) is 1. The van der Waals surface area contributed by atoms with Gasteiger partial charge < -0.3 is 4.90 Å². The summed E-state index contributed by atoms with van der Waals surface area (Å²) in [7, 11) is 0. The second-order valence-electron chi connectivity index (χ2n) is 3.98. The molecule has 0 amide bonds. The van der Waals surface area contributed by atoms with E-state index in [0.29, 0.717) is 0 Å². The minimum Gasteiger partial charge on any atom is -0.303 e. The molecule has 0 rings (SSSR count). The Hall–Kier alpha value is -0.0400. The molecular weight excluding hydrogens is 206 g/mol. The summed E-state index contributed by atoms with van der Waals surface area (Å²) in [5, 5.41) is 0. The van der Waals surface area contributed by atoms with E-state index in [1.54, 1.807) is 0 Å². The summed E-state index contributed by atoms with van der Waals surface area (Å²) in [5.41, 5.74) is 0. The van der Waals surface area contributed by atoms with Gasteiger partial charge in [0.25, 0.3) is 0 Å². The number of rotatable bonds is 8. The van der Waals surface area contributed by atoms with E-state index in [2.05, 4.69) is 32.6 Å². The molecule has 1 nitrogen and oxygen atoms in total. The lowest BCUT2D eigenvalue weighted by atomic mass is 10.0. The van der Waals surface area contributed by atoms with Crippen molar-refractivity contribution < 1.29 is 0 Å². The van der Waals surface area contributed by atoms with Gasteiger partial charge in [0.15, 0.2) is 0 Å². The minimum atomic E-state index is 0.915. The van der Waals surface area contributed by atoms with Crippen LogP contribution in [0.25, 0.3) is 0 Å². The fourth-order valence-corrected chi connectivity index (χ4v) is 1.84. The molecule has 0 saturated carbocycles. The molecule has 0 aliphatic rings. The summed E-state index contributed by atoms with van der Waals surface area (Å²) in [6.07, 6.45) is 5.25. The lowest BCUT2D eigenvalue weighted by Crippen LogP contribution is -2.30. The van der Waals surface area contributed by atoms with E-state index in [0.717, 1.165) is 5.92 Å². The Morgan fingerprint density at radius 1 is 0.706 bits per heavy atom. The average Bonchev–Trinajstić information content (AvgIpc) is 2.41. The van der Waals surface area contributed by atoms with Crippen molar-refractivity contribution in [2.75, 3.05) is 19.6 Å². The summed E-state index contributed by atoms with van der Waals surface area (Å²) >= 11 is 0. The third-order valence-electron chi connectivity index (χ3n) is 2.75. The largest absolute Gasteiger partial charge is 0.303 e. The van der Waals surface area contributed by atoms with Crippen LogP contribution >= 0.6 is 0 Å². The molecule has 0 aromatic carbocycles. The van der Waals surface area contributed by atoms with Gasteiger partial charge in [-0.1, -0.05) is 68.2 Å². The van der Waals surface area contributed by atoms with E-state index in [-0.39, 0.29) is 0 Å². The minimum absolute atomic E-state index is 0.915.